The molecule has 4 nitrogen and oxygen atoms in total. The zero-order chi connectivity index (χ0) is 14.0. The summed E-state index contributed by atoms with van der Waals surface area (Å²) in [5.41, 5.74) is -0.979. The van der Waals surface area contributed by atoms with Gasteiger partial charge in [-0.1, -0.05) is 11.8 Å². The predicted molar refractivity (Wildman–Crippen MR) is 74.8 cm³/mol. The van der Waals surface area contributed by atoms with E-state index in [1.165, 1.54) is 0 Å². The summed E-state index contributed by atoms with van der Waals surface area (Å²) in [6.07, 6.45) is -1.29. The van der Waals surface area contributed by atoms with E-state index in [2.05, 4.69) is 11.8 Å². The van der Waals surface area contributed by atoms with Crippen LogP contribution in [0.5, 0.6) is 0 Å². The Morgan fingerprint density at radius 3 is 2.53 bits per heavy atom. The maximum atomic E-state index is 9.54. The smallest absolute Gasteiger partial charge is 0.120 e. The SMILES string of the molecule is CC(C)(O)C#Cc1ccc(CN2C[C@@H](O)[C@H](O)C2)s1. The third-order valence-electron chi connectivity index (χ3n) is 2.87. The number of hydrogen-bond acceptors (Lipinski definition) is 5. The Bertz CT molecular complexity index is 485. The first kappa shape index (κ1) is 14.5. The fraction of sp³-hybridized carbons (Fsp3) is 0.571. The van der Waals surface area contributed by atoms with E-state index in [1.54, 1.807) is 25.2 Å². The van der Waals surface area contributed by atoms with Gasteiger partial charge in [0, 0.05) is 24.5 Å². The van der Waals surface area contributed by atoms with E-state index in [1.807, 2.05) is 17.0 Å². The third-order valence-corrected chi connectivity index (χ3v) is 3.85. The lowest BCUT2D eigenvalue weighted by molar-refractivity contribution is 0.0572. The van der Waals surface area contributed by atoms with E-state index in [9.17, 15) is 15.3 Å². The Labute approximate surface area is 117 Å². The van der Waals surface area contributed by atoms with E-state index >= 15 is 0 Å². The largest absolute Gasteiger partial charge is 0.389 e. The van der Waals surface area contributed by atoms with Gasteiger partial charge in [0.1, 0.15) is 5.60 Å². The minimum absolute atomic E-state index is 0.504. The molecule has 19 heavy (non-hydrogen) atoms. The van der Waals surface area contributed by atoms with Crippen LogP contribution in [0.15, 0.2) is 12.1 Å². The monoisotopic (exact) mass is 281 g/mol. The summed E-state index contributed by atoms with van der Waals surface area (Å²) >= 11 is 1.57. The van der Waals surface area contributed by atoms with E-state index in [-0.39, 0.29) is 0 Å². The van der Waals surface area contributed by atoms with E-state index < -0.39 is 17.8 Å². The topological polar surface area (TPSA) is 63.9 Å². The molecule has 2 rings (SSSR count). The van der Waals surface area contributed by atoms with Crippen molar-refractivity contribution in [2.24, 2.45) is 0 Å². The molecule has 3 N–H and O–H groups in total. The molecule has 1 aliphatic rings. The van der Waals surface area contributed by atoms with Crippen LogP contribution in [0.4, 0.5) is 0 Å². The maximum absolute atomic E-state index is 9.54. The van der Waals surface area contributed by atoms with E-state index in [0.29, 0.717) is 19.6 Å². The van der Waals surface area contributed by atoms with Crippen LogP contribution in [0.25, 0.3) is 0 Å². The molecular weight excluding hydrogens is 262 g/mol. The lowest BCUT2D eigenvalue weighted by atomic mass is 10.1. The second kappa shape index (κ2) is 5.61. The Hall–Kier alpha value is -0.900. The fourth-order valence-corrected chi connectivity index (χ4v) is 2.84. The van der Waals surface area contributed by atoms with Crippen LogP contribution in [-0.4, -0.2) is 51.1 Å². The molecular formula is C14H19NO3S. The summed E-state index contributed by atoms with van der Waals surface area (Å²) in [5, 5.41) is 28.5. The molecule has 1 fully saturated rings. The zero-order valence-corrected chi connectivity index (χ0v) is 11.9. The molecule has 2 heterocycles. The van der Waals surface area contributed by atoms with Crippen LogP contribution in [0.1, 0.15) is 23.6 Å². The summed E-state index contributed by atoms with van der Waals surface area (Å²) < 4.78 is 0. The zero-order valence-electron chi connectivity index (χ0n) is 11.1. The lowest BCUT2D eigenvalue weighted by Crippen LogP contribution is -2.22. The predicted octanol–water partition coefficient (Wildman–Crippen LogP) is 0.408. The Morgan fingerprint density at radius 2 is 1.95 bits per heavy atom. The molecule has 0 unspecified atom stereocenters. The molecule has 2 atom stereocenters. The molecule has 1 aromatic rings. The van der Waals surface area contributed by atoms with Crippen molar-refractivity contribution in [2.75, 3.05) is 13.1 Å². The number of thiophene rings is 1. The average Bonchev–Trinajstić information content (AvgIpc) is 2.84. The number of nitrogens with zero attached hydrogens (tertiary/aromatic N) is 1. The Balaban J connectivity index is 1.96. The molecule has 1 aromatic heterocycles. The van der Waals surface area contributed by atoms with Gasteiger partial charge in [-0.05, 0) is 26.0 Å². The number of likely N-dealkylation sites (tertiary alicyclic amines) is 1. The summed E-state index contributed by atoms with van der Waals surface area (Å²) in [6.45, 7) is 5.03. The summed E-state index contributed by atoms with van der Waals surface area (Å²) in [6, 6.07) is 3.93. The Kier molecular flexibility index (Phi) is 4.29. The number of aliphatic hydroxyl groups is 3. The first-order valence-electron chi connectivity index (χ1n) is 6.26. The first-order chi connectivity index (χ1) is 8.83. The van der Waals surface area contributed by atoms with Crippen molar-refractivity contribution < 1.29 is 15.3 Å². The minimum Gasteiger partial charge on any atom is -0.389 e. The lowest BCUT2D eigenvalue weighted by Gasteiger charge is -2.12. The Morgan fingerprint density at radius 1 is 1.32 bits per heavy atom. The molecule has 0 amide bonds. The molecule has 0 aromatic carbocycles. The molecule has 1 saturated heterocycles. The molecule has 0 radical (unpaired) electrons. The minimum atomic E-state index is -0.979. The van der Waals surface area contributed by atoms with Gasteiger partial charge >= 0.3 is 0 Å². The van der Waals surface area contributed by atoms with Crippen molar-refractivity contribution in [3.63, 3.8) is 0 Å². The number of hydrogen-bond donors (Lipinski definition) is 3. The van der Waals surface area contributed by atoms with Crippen molar-refractivity contribution in [1.82, 2.24) is 4.90 Å². The highest BCUT2D eigenvalue weighted by Crippen LogP contribution is 2.20. The molecule has 0 spiro atoms. The third kappa shape index (κ3) is 4.30. The van der Waals surface area contributed by atoms with Crippen molar-refractivity contribution in [3.05, 3.63) is 21.9 Å². The van der Waals surface area contributed by atoms with Gasteiger partial charge in [0.25, 0.3) is 0 Å². The summed E-state index contributed by atoms with van der Waals surface area (Å²) in [7, 11) is 0. The van der Waals surface area contributed by atoms with Gasteiger partial charge in [-0.25, -0.2) is 0 Å². The standard InChI is InChI=1S/C14H19NO3S/c1-14(2,18)6-5-10-3-4-11(19-10)7-15-8-12(16)13(17)9-15/h3-4,12-13,16-18H,7-9H2,1-2H3/t12-,13-/m1/s1. The number of rotatable bonds is 2. The highest BCUT2D eigenvalue weighted by Gasteiger charge is 2.29. The van der Waals surface area contributed by atoms with E-state index in [4.69, 9.17) is 0 Å². The number of β-amino-alcohol motifs (C(OH)–C–C–N with tert-alkyl or cyclic N) is 2. The first-order valence-corrected chi connectivity index (χ1v) is 7.08. The van der Waals surface area contributed by atoms with Crippen LogP contribution in [0.2, 0.25) is 0 Å². The summed E-state index contributed by atoms with van der Waals surface area (Å²) in [5.74, 6) is 5.73. The van der Waals surface area contributed by atoms with Crippen molar-refractivity contribution in [2.45, 2.75) is 38.2 Å². The molecule has 5 heteroatoms. The van der Waals surface area contributed by atoms with Gasteiger partial charge in [0.15, 0.2) is 0 Å². The van der Waals surface area contributed by atoms with Gasteiger partial charge in [-0.15, -0.1) is 11.3 Å². The van der Waals surface area contributed by atoms with Crippen LogP contribution < -0.4 is 0 Å². The van der Waals surface area contributed by atoms with Gasteiger partial charge in [0.05, 0.1) is 17.1 Å². The van der Waals surface area contributed by atoms with Gasteiger partial charge in [0.2, 0.25) is 0 Å². The molecule has 1 aliphatic heterocycles. The average molecular weight is 281 g/mol. The second-order valence-corrected chi connectivity index (χ2v) is 6.57. The maximum Gasteiger partial charge on any atom is 0.120 e. The normalized spacial score (nSPS) is 24.3. The molecule has 104 valence electrons. The number of aliphatic hydroxyl groups excluding tert-OH is 2. The fourth-order valence-electron chi connectivity index (χ4n) is 1.94. The van der Waals surface area contributed by atoms with Crippen LogP contribution in [0.3, 0.4) is 0 Å². The van der Waals surface area contributed by atoms with Crippen LogP contribution in [-0.2, 0) is 6.54 Å². The highest BCUT2D eigenvalue weighted by molar-refractivity contribution is 7.12. The van der Waals surface area contributed by atoms with Crippen molar-refractivity contribution >= 4 is 11.3 Å². The van der Waals surface area contributed by atoms with Gasteiger partial charge in [-0.3, -0.25) is 4.90 Å². The van der Waals surface area contributed by atoms with E-state index in [0.717, 1.165) is 9.75 Å². The second-order valence-electron chi connectivity index (χ2n) is 5.40. The summed E-state index contributed by atoms with van der Waals surface area (Å²) in [4.78, 5) is 4.08. The highest BCUT2D eigenvalue weighted by atomic mass is 32.1. The molecule has 0 saturated carbocycles. The van der Waals surface area contributed by atoms with Crippen molar-refractivity contribution in [1.29, 1.82) is 0 Å². The molecule has 0 aliphatic carbocycles. The van der Waals surface area contributed by atoms with Gasteiger partial charge in [-0.2, -0.15) is 0 Å². The quantitative estimate of drug-likeness (QED) is 0.687. The van der Waals surface area contributed by atoms with Crippen LogP contribution >= 0.6 is 11.3 Å². The van der Waals surface area contributed by atoms with Gasteiger partial charge < -0.3 is 15.3 Å². The van der Waals surface area contributed by atoms with Crippen LogP contribution in [0, 0.1) is 11.8 Å². The van der Waals surface area contributed by atoms with Crippen molar-refractivity contribution in [3.8, 4) is 11.8 Å². The molecule has 0 bridgehead atoms.